The molecule has 1 aliphatic heterocycles. The zero-order chi connectivity index (χ0) is 22.0. The number of fused-ring (bicyclic) bond motifs is 1. The smallest absolute Gasteiger partial charge is 0.273 e. The summed E-state index contributed by atoms with van der Waals surface area (Å²) in [6.45, 7) is 2.67. The van der Waals surface area contributed by atoms with Gasteiger partial charge >= 0.3 is 0 Å². The Hall–Kier alpha value is -3.04. The van der Waals surface area contributed by atoms with Gasteiger partial charge in [-0.2, -0.15) is 5.10 Å². The molecule has 7 nitrogen and oxygen atoms in total. The van der Waals surface area contributed by atoms with Gasteiger partial charge in [0.25, 0.3) is 5.91 Å². The molecule has 1 aromatic carbocycles. The van der Waals surface area contributed by atoms with Crippen LogP contribution in [-0.2, 0) is 22.6 Å². The van der Waals surface area contributed by atoms with Crippen molar-refractivity contribution in [3.63, 3.8) is 0 Å². The number of nitrogens with one attached hydrogen (secondary N) is 1. The summed E-state index contributed by atoms with van der Waals surface area (Å²) in [7, 11) is 1.55. The molecule has 31 heavy (non-hydrogen) atoms. The molecule has 0 unspecified atom stereocenters. The van der Waals surface area contributed by atoms with Gasteiger partial charge in [0.2, 0.25) is 5.91 Å². The third kappa shape index (κ3) is 4.11. The molecule has 0 saturated carbocycles. The average Bonchev–Trinajstić information content (AvgIpc) is 3.41. The minimum Gasteiger partial charge on any atom is -0.383 e. The summed E-state index contributed by atoms with van der Waals surface area (Å²) >= 11 is 1.53. The number of hydrogen-bond donors (Lipinski definition) is 1. The summed E-state index contributed by atoms with van der Waals surface area (Å²) < 4.78 is 20.4. The number of benzene rings is 1. The van der Waals surface area contributed by atoms with E-state index >= 15 is 0 Å². The van der Waals surface area contributed by atoms with Crippen LogP contribution < -0.4 is 5.32 Å². The fourth-order valence-corrected chi connectivity index (χ4v) is 4.39. The van der Waals surface area contributed by atoms with Crippen molar-refractivity contribution < 1.29 is 18.7 Å². The van der Waals surface area contributed by atoms with Gasteiger partial charge in [-0.3, -0.25) is 14.3 Å². The van der Waals surface area contributed by atoms with Gasteiger partial charge in [0.05, 0.1) is 18.0 Å². The number of carbonyl (C=O) groups is 2. The SMILES string of the molecule is COCCNC(=O)[C@@]1(C)Cn2nc(-c3cccs3)cc2C(=O)N1Cc1cccc(F)c1. The predicted octanol–water partition coefficient (Wildman–Crippen LogP) is 2.93. The number of amides is 2. The number of methoxy groups -OCH3 is 1. The van der Waals surface area contributed by atoms with Crippen LogP contribution in [0.5, 0.6) is 0 Å². The molecule has 9 heteroatoms. The molecule has 0 bridgehead atoms. The number of hydrogen-bond acceptors (Lipinski definition) is 5. The fourth-order valence-electron chi connectivity index (χ4n) is 3.71. The van der Waals surface area contributed by atoms with E-state index in [1.165, 1.54) is 28.4 Å². The standard InChI is InChI=1S/C22H23FN4O3S/c1-22(21(29)24-8-9-30-2)14-27-18(12-17(25-27)19-7-4-10-31-19)20(28)26(22)13-15-5-3-6-16(23)11-15/h3-7,10-12H,8-9,13-14H2,1-2H3,(H,24,29)/t22-/m1/s1. The van der Waals surface area contributed by atoms with Gasteiger partial charge in [0.1, 0.15) is 22.7 Å². The first kappa shape index (κ1) is 21.2. The van der Waals surface area contributed by atoms with E-state index in [0.717, 1.165) is 4.88 Å². The van der Waals surface area contributed by atoms with Crippen LogP contribution in [0.15, 0.2) is 47.8 Å². The zero-order valence-electron chi connectivity index (χ0n) is 17.3. The Balaban J connectivity index is 1.71. The lowest BCUT2D eigenvalue weighted by Gasteiger charge is -2.43. The molecule has 0 saturated heterocycles. The first-order valence-electron chi connectivity index (χ1n) is 9.88. The highest BCUT2D eigenvalue weighted by molar-refractivity contribution is 7.13. The maximum absolute atomic E-state index is 13.8. The molecule has 1 atom stereocenters. The largest absolute Gasteiger partial charge is 0.383 e. The van der Waals surface area contributed by atoms with Gasteiger partial charge in [-0.25, -0.2) is 4.39 Å². The lowest BCUT2D eigenvalue weighted by atomic mass is 9.94. The number of halogens is 1. The zero-order valence-corrected chi connectivity index (χ0v) is 18.1. The van der Waals surface area contributed by atoms with Crippen LogP contribution in [0.25, 0.3) is 10.6 Å². The maximum Gasteiger partial charge on any atom is 0.273 e. The van der Waals surface area contributed by atoms with E-state index in [1.807, 2.05) is 17.5 Å². The molecule has 0 aliphatic carbocycles. The van der Waals surface area contributed by atoms with Crippen molar-refractivity contribution in [1.29, 1.82) is 0 Å². The highest BCUT2D eigenvalue weighted by atomic mass is 32.1. The van der Waals surface area contributed by atoms with E-state index in [-0.39, 0.29) is 24.9 Å². The Morgan fingerprint density at radius 2 is 2.16 bits per heavy atom. The van der Waals surface area contributed by atoms with Crippen molar-refractivity contribution in [1.82, 2.24) is 20.0 Å². The molecule has 3 aromatic rings. The summed E-state index contributed by atoms with van der Waals surface area (Å²) in [6.07, 6.45) is 0. The minimum absolute atomic E-state index is 0.101. The quantitative estimate of drug-likeness (QED) is 0.571. The van der Waals surface area contributed by atoms with E-state index in [4.69, 9.17) is 4.74 Å². The molecule has 2 aromatic heterocycles. The lowest BCUT2D eigenvalue weighted by molar-refractivity contribution is -0.133. The van der Waals surface area contributed by atoms with Gasteiger partial charge < -0.3 is 15.0 Å². The van der Waals surface area contributed by atoms with Crippen molar-refractivity contribution in [2.24, 2.45) is 0 Å². The van der Waals surface area contributed by atoms with Crippen molar-refractivity contribution in [2.75, 3.05) is 20.3 Å². The van der Waals surface area contributed by atoms with Crippen LogP contribution in [0.1, 0.15) is 23.0 Å². The summed E-state index contributed by atoms with van der Waals surface area (Å²) in [4.78, 5) is 29.1. The molecule has 0 radical (unpaired) electrons. The Labute approximate surface area is 183 Å². The number of thiophene rings is 1. The number of nitrogens with zero attached hydrogens (tertiary/aromatic N) is 3. The third-order valence-corrected chi connectivity index (χ3v) is 6.27. The molecule has 3 heterocycles. The van der Waals surface area contributed by atoms with Gasteiger partial charge in [0.15, 0.2) is 0 Å². The predicted molar refractivity (Wildman–Crippen MR) is 115 cm³/mol. The Morgan fingerprint density at radius 3 is 2.87 bits per heavy atom. The van der Waals surface area contributed by atoms with Crippen molar-refractivity contribution in [3.8, 4) is 10.6 Å². The summed E-state index contributed by atoms with van der Waals surface area (Å²) in [5, 5.41) is 9.37. The maximum atomic E-state index is 13.8. The van der Waals surface area contributed by atoms with Gasteiger partial charge in [-0.05, 0) is 42.1 Å². The number of aromatic nitrogens is 2. The molecule has 0 fully saturated rings. The fraction of sp³-hybridized carbons (Fsp3) is 0.318. The van der Waals surface area contributed by atoms with Gasteiger partial charge in [-0.1, -0.05) is 18.2 Å². The third-order valence-electron chi connectivity index (χ3n) is 5.38. The summed E-state index contributed by atoms with van der Waals surface area (Å²) in [5.74, 6) is -1.03. The second-order valence-corrected chi connectivity index (χ2v) is 8.54. The normalized spacial score (nSPS) is 18.2. The Kier molecular flexibility index (Phi) is 5.88. The van der Waals surface area contributed by atoms with Gasteiger partial charge in [-0.15, -0.1) is 11.3 Å². The van der Waals surface area contributed by atoms with Crippen molar-refractivity contribution >= 4 is 23.2 Å². The summed E-state index contributed by atoms with van der Waals surface area (Å²) in [5.41, 5.74) is 0.494. The minimum atomic E-state index is -1.21. The molecule has 162 valence electrons. The van der Waals surface area contributed by atoms with E-state index < -0.39 is 11.4 Å². The Bertz CT molecular complexity index is 1100. The van der Waals surface area contributed by atoms with Crippen LogP contribution in [0, 0.1) is 5.82 Å². The van der Waals surface area contributed by atoms with E-state index in [1.54, 1.807) is 36.9 Å². The molecular formula is C22H23FN4O3S. The van der Waals surface area contributed by atoms with Crippen LogP contribution in [-0.4, -0.2) is 52.3 Å². The number of carbonyl (C=O) groups excluding carboxylic acids is 2. The van der Waals surface area contributed by atoms with Crippen LogP contribution in [0.4, 0.5) is 4.39 Å². The second kappa shape index (κ2) is 8.60. The molecule has 1 N–H and O–H groups in total. The number of rotatable bonds is 7. The average molecular weight is 443 g/mol. The molecular weight excluding hydrogens is 419 g/mol. The highest BCUT2D eigenvalue weighted by Crippen LogP contribution is 2.32. The first-order chi connectivity index (χ1) is 14.9. The first-order valence-corrected chi connectivity index (χ1v) is 10.8. The number of ether oxygens (including phenoxy) is 1. The summed E-state index contributed by atoms with van der Waals surface area (Å²) in [6, 6.07) is 11.7. The molecule has 1 aliphatic rings. The lowest BCUT2D eigenvalue weighted by Crippen LogP contribution is -2.63. The molecule has 0 spiro atoms. The second-order valence-electron chi connectivity index (χ2n) is 7.59. The van der Waals surface area contributed by atoms with Crippen LogP contribution in [0.2, 0.25) is 0 Å². The van der Waals surface area contributed by atoms with E-state index in [2.05, 4.69) is 10.4 Å². The topological polar surface area (TPSA) is 76.5 Å². The monoisotopic (exact) mass is 442 g/mol. The van der Waals surface area contributed by atoms with Crippen molar-refractivity contribution in [2.45, 2.75) is 25.6 Å². The molecule has 2 amide bonds. The van der Waals surface area contributed by atoms with Crippen LogP contribution >= 0.6 is 11.3 Å². The van der Waals surface area contributed by atoms with E-state index in [0.29, 0.717) is 30.1 Å². The van der Waals surface area contributed by atoms with E-state index in [9.17, 15) is 14.0 Å². The molecule has 4 rings (SSSR count). The Morgan fingerprint density at radius 1 is 1.32 bits per heavy atom. The van der Waals surface area contributed by atoms with Crippen molar-refractivity contribution in [3.05, 3.63) is 64.9 Å². The van der Waals surface area contributed by atoms with Crippen LogP contribution in [0.3, 0.4) is 0 Å². The highest BCUT2D eigenvalue weighted by Gasteiger charge is 2.48. The van der Waals surface area contributed by atoms with Gasteiger partial charge in [0, 0.05) is 20.2 Å².